The van der Waals surface area contributed by atoms with E-state index in [0.717, 1.165) is 19.8 Å². The summed E-state index contributed by atoms with van der Waals surface area (Å²) >= 11 is 3.39. The minimum Gasteiger partial charge on any atom is -0.440 e. The Morgan fingerprint density at radius 3 is 2.35 bits per heavy atom. The summed E-state index contributed by atoms with van der Waals surface area (Å²) in [5.41, 5.74) is 0.224. The molecule has 1 aliphatic rings. The number of halogens is 1. The van der Waals surface area contributed by atoms with E-state index in [1.807, 2.05) is 30.3 Å². The molecule has 0 N–H and O–H groups in total. The lowest BCUT2D eigenvalue weighted by Gasteiger charge is -2.29. The van der Waals surface area contributed by atoms with Crippen LogP contribution in [0.5, 0.6) is 11.6 Å². The van der Waals surface area contributed by atoms with Crippen LogP contribution in [0, 0.1) is 0 Å². The van der Waals surface area contributed by atoms with Crippen molar-refractivity contribution in [2.24, 2.45) is 14.1 Å². The summed E-state index contributed by atoms with van der Waals surface area (Å²) in [6.45, 7) is 0. The van der Waals surface area contributed by atoms with Gasteiger partial charge in [-0.2, -0.15) is 0 Å². The molecule has 0 aliphatic carbocycles. The average molecular weight is 477 g/mol. The average Bonchev–Trinajstić information content (AvgIpc) is 2.80. The summed E-state index contributed by atoms with van der Waals surface area (Å²) in [7, 11) is 2.94. The first-order valence-corrected chi connectivity index (χ1v) is 10.5. The molecule has 1 aliphatic heterocycles. The van der Waals surface area contributed by atoms with Gasteiger partial charge in [0.05, 0.1) is 11.5 Å². The van der Waals surface area contributed by atoms with E-state index in [0.29, 0.717) is 16.9 Å². The molecule has 7 heteroatoms. The van der Waals surface area contributed by atoms with Crippen molar-refractivity contribution in [3.63, 3.8) is 0 Å². The number of ketones is 1. The van der Waals surface area contributed by atoms with Gasteiger partial charge in [-0.25, -0.2) is 4.79 Å². The molecule has 1 unspecified atom stereocenters. The first-order chi connectivity index (χ1) is 14.9. The molecule has 1 aromatic heterocycles. The number of Topliss-reactive ketones (excluding diaryl/α,β-unsaturated/α-hetero) is 1. The van der Waals surface area contributed by atoms with Gasteiger partial charge in [-0.1, -0.05) is 58.4 Å². The second-order valence-electron chi connectivity index (χ2n) is 7.53. The first kappa shape index (κ1) is 19.5. The molecule has 1 atom stereocenters. The number of hydrogen-bond acceptors (Lipinski definition) is 4. The summed E-state index contributed by atoms with van der Waals surface area (Å²) in [6, 6.07) is 18.4. The molecule has 5 rings (SSSR count). The van der Waals surface area contributed by atoms with Crippen LogP contribution in [0.2, 0.25) is 0 Å². The summed E-state index contributed by atoms with van der Waals surface area (Å²) in [4.78, 5) is 39.6. The van der Waals surface area contributed by atoms with Crippen molar-refractivity contribution < 1.29 is 9.53 Å². The van der Waals surface area contributed by atoms with E-state index in [4.69, 9.17) is 4.74 Å². The highest BCUT2D eigenvalue weighted by atomic mass is 79.9. The Labute approximate surface area is 185 Å². The third kappa shape index (κ3) is 2.88. The fourth-order valence-corrected chi connectivity index (χ4v) is 4.44. The van der Waals surface area contributed by atoms with Crippen LogP contribution in [0.3, 0.4) is 0 Å². The highest BCUT2D eigenvalue weighted by molar-refractivity contribution is 9.10. The number of carbonyl (C=O) groups excluding carboxylic acids is 1. The van der Waals surface area contributed by atoms with Crippen molar-refractivity contribution in [2.45, 2.75) is 5.92 Å². The van der Waals surface area contributed by atoms with Crippen molar-refractivity contribution in [2.75, 3.05) is 0 Å². The Morgan fingerprint density at radius 1 is 0.903 bits per heavy atom. The monoisotopic (exact) mass is 476 g/mol. The third-order valence-corrected chi connectivity index (χ3v) is 6.28. The zero-order chi connectivity index (χ0) is 21.9. The van der Waals surface area contributed by atoms with Crippen LogP contribution in [0.15, 0.2) is 74.7 Å². The lowest BCUT2D eigenvalue weighted by atomic mass is 9.81. The van der Waals surface area contributed by atoms with Gasteiger partial charge in [-0.05, 0) is 29.0 Å². The molecule has 4 aromatic rings. The van der Waals surface area contributed by atoms with Crippen LogP contribution in [0.4, 0.5) is 0 Å². The lowest BCUT2D eigenvalue weighted by Crippen LogP contribution is -2.42. The highest BCUT2D eigenvalue weighted by Crippen LogP contribution is 2.46. The Hall–Kier alpha value is -3.45. The van der Waals surface area contributed by atoms with Gasteiger partial charge in [0.15, 0.2) is 5.78 Å². The minimum absolute atomic E-state index is 0.103. The largest absolute Gasteiger partial charge is 0.440 e. The Kier molecular flexibility index (Phi) is 4.44. The molecule has 0 saturated heterocycles. The topological polar surface area (TPSA) is 70.3 Å². The summed E-state index contributed by atoms with van der Waals surface area (Å²) in [5.74, 6) is -0.571. The number of nitrogens with zero attached hydrogens (tertiary/aromatic N) is 2. The van der Waals surface area contributed by atoms with E-state index in [9.17, 15) is 14.4 Å². The zero-order valence-electron chi connectivity index (χ0n) is 16.8. The fourth-order valence-electron chi connectivity index (χ4n) is 4.18. The van der Waals surface area contributed by atoms with Gasteiger partial charge in [-0.3, -0.25) is 18.7 Å². The predicted octanol–water partition coefficient (Wildman–Crippen LogP) is 4.12. The van der Waals surface area contributed by atoms with Crippen molar-refractivity contribution in [3.05, 3.63) is 103 Å². The number of benzene rings is 3. The standard InChI is InChI=1S/C24H17BrN2O4/c1-26-22(29)20-19(21(28)14-7-10-15(25)11-8-14)18-16-6-4-3-5-13(16)9-12-17(18)31-23(20)27(2)24(26)30/h3-12,19H,1-2H3. The molecular formula is C24H17BrN2O4. The van der Waals surface area contributed by atoms with Crippen LogP contribution >= 0.6 is 15.9 Å². The summed E-state index contributed by atoms with van der Waals surface area (Å²) < 4.78 is 9.19. The number of fused-ring (bicyclic) bond motifs is 4. The van der Waals surface area contributed by atoms with Crippen LogP contribution < -0.4 is 16.0 Å². The number of aromatic nitrogens is 2. The molecule has 0 spiro atoms. The van der Waals surface area contributed by atoms with E-state index < -0.39 is 17.2 Å². The fraction of sp³-hybridized carbons (Fsp3) is 0.125. The molecule has 0 bridgehead atoms. The summed E-state index contributed by atoms with van der Waals surface area (Å²) in [6.07, 6.45) is 0. The molecular weight excluding hydrogens is 460 g/mol. The Morgan fingerprint density at radius 2 is 1.61 bits per heavy atom. The van der Waals surface area contributed by atoms with Gasteiger partial charge in [0, 0.05) is 29.7 Å². The molecule has 0 saturated carbocycles. The highest BCUT2D eigenvalue weighted by Gasteiger charge is 2.39. The smallest absolute Gasteiger partial charge is 0.333 e. The molecule has 2 heterocycles. The lowest BCUT2D eigenvalue weighted by molar-refractivity contribution is 0.0968. The number of ether oxygens (including phenoxy) is 1. The molecule has 0 radical (unpaired) electrons. The van der Waals surface area contributed by atoms with Crippen LogP contribution in [0.25, 0.3) is 10.8 Å². The van der Waals surface area contributed by atoms with E-state index in [1.54, 1.807) is 30.3 Å². The SMILES string of the molecule is Cn1c2c(c(=O)n(C)c1=O)C(C(=O)c1ccc(Br)cc1)c1c(ccc3ccccc13)O2. The normalized spacial score (nSPS) is 14.6. The molecule has 3 aromatic carbocycles. The second-order valence-corrected chi connectivity index (χ2v) is 8.44. The number of carbonyl (C=O) groups is 1. The Bertz CT molecular complexity index is 1500. The van der Waals surface area contributed by atoms with Crippen molar-refractivity contribution in [1.29, 1.82) is 0 Å². The van der Waals surface area contributed by atoms with Crippen molar-refractivity contribution >= 4 is 32.5 Å². The van der Waals surface area contributed by atoms with E-state index in [-0.39, 0.29) is 17.2 Å². The molecule has 6 nitrogen and oxygen atoms in total. The predicted molar refractivity (Wildman–Crippen MR) is 121 cm³/mol. The zero-order valence-corrected chi connectivity index (χ0v) is 18.3. The van der Waals surface area contributed by atoms with Gasteiger partial charge >= 0.3 is 5.69 Å². The van der Waals surface area contributed by atoms with E-state index >= 15 is 0 Å². The van der Waals surface area contributed by atoms with Crippen molar-refractivity contribution in [3.8, 4) is 11.6 Å². The second kappa shape index (κ2) is 7.06. The molecule has 31 heavy (non-hydrogen) atoms. The quantitative estimate of drug-likeness (QED) is 0.408. The Balaban J connectivity index is 1.89. The molecule has 0 amide bonds. The van der Waals surface area contributed by atoms with Crippen LogP contribution in [-0.2, 0) is 14.1 Å². The summed E-state index contributed by atoms with van der Waals surface area (Å²) in [5, 5.41) is 1.76. The van der Waals surface area contributed by atoms with Gasteiger partial charge in [-0.15, -0.1) is 0 Å². The van der Waals surface area contributed by atoms with Gasteiger partial charge in [0.25, 0.3) is 5.56 Å². The maximum absolute atomic E-state index is 13.8. The number of rotatable bonds is 2. The van der Waals surface area contributed by atoms with Gasteiger partial charge < -0.3 is 4.74 Å². The van der Waals surface area contributed by atoms with E-state index in [1.165, 1.54) is 18.7 Å². The van der Waals surface area contributed by atoms with E-state index in [2.05, 4.69) is 15.9 Å². The minimum atomic E-state index is -0.906. The maximum Gasteiger partial charge on any atom is 0.333 e. The first-order valence-electron chi connectivity index (χ1n) is 9.67. The molecule has 154 valence electrons. The van der Waals surface area contributed by atoms with Crippen LogP contribution in [0.1, 0.15) is 27.4 Å². The maximum atomic E-state index is 13.8. The number of hydrogen-bond donors (Lipinski definition) is 0. The van der Waals surface area contributed by atoms with Gasteiger partial charge in [0.1, 0.15) is 5.75 Å². The van der Waals surface area contributed by atoms with Crippen molar-refractivity contribution in [1.82, 2.24) is 9.13 Å². The van der Waals surface area contributed by atoms with Gasteiger partial charge in [0.2, 0.25) is 5.88 Å². The molecule has 0 fully saturated rings. The van der Waals surface area contributed by atoms with Crippen LogP contribution in [-0.4, -0.2) is 14.9 Å². The third-order valence-electron chi connectivity index (χ3n) is 5.75.